The zero-order chi connectivity index (χ0) is 14.6. The average molecular weight is 298 g/mol. The fraction of sp³-hybridized carbons (Fsp3) is 0.417. The van der Waals surface area contributed by atoms with Gasteiger partial charge in [0.2, 0.25) is 5.91 Å². The summed E-state index contributed by atoms with van der Waals surface area (Å²) in [6, 6.07) is 9.21. The molecule has 3 N–H and O–H groups in total. The molecular formula is C12H18N4O3S. The molecule has 0 bridgehead atoms. The van der Waals surface area contributed by atoms with E-state index in [2.05, 4.69) is 5.32 Å². The molecule has 110 valence electrons. The van der Waals surface area contributed by atoms with Crippen LogP contribution in [0.1, 0.15) is 0 Å². The summed E-state index contributed by atoms with van der Waals surface area (Å²) in [5.74, 6) is -0.111. The number of amides is 1. The van der Waals surface area contributed by atoms with Crippen LogP contribution in [0.2, 0.25) is 0 Å². The Morgan fingerprint density at radius 2 is 1.75 bits per heavy atom. The number of benzene rings is 1. The van der Waals surface area contributed by atoms with Gasteiger partial charge in [0, 0.05) is 31.9 Å². The fourth-order valence-electron chi connectivity index (χ4n) is 2.07. The molecule has 1 heterocycles. The molecule has 1 aliphatic heterocycles. The zero-order valence-electron chi connectivity index (χ0n) is 11.0. The minimum atomic E-state index is -3.62. The number of anilines is 1. The summed E-state index contributed by atoms with van der Waals surface area (Å²) in [4.78, 5) is 13.8. The van der Waals surface area contributed by atoms with Crippen LogP contribution in [0.3, 0.4) is 0 Å². The Kier molecular flexibility index (Phi) is 4.71. The fourth-order valence-corrected chi connectivity index (χ4v) is 2.74. The van der Waals surface area contributed by atoms with Gasteiger partial charge >= 0.3 is 0 Å². The van der Waals surface area contributed by atoms with Gasteiger partial charge in [0.05, 0.1) is 6.54 Å². The molecule has 0 atom stereocenters. The van der Waals surface area contributed by atoms with Crippen molar-refractivity contribution in [1.82, 2.24) is 9.21 Å². The van der Waals surface area contributed by atoms with Gasteiger partial charge in [0.25, 0.3) is 10.2 Å². The summed E-state index contributed by atoms with van der Waals surface area (Å²) in [6.07, 6.45) is 0. The highest BCUT2D eigenvalue weighted by Crippen LogP contribution is 2.07. The van der Waals surface area contributed by atoms with Crippen LogP contribution in [0.25, 0.3) is 0 Å². The van der Waals surface area contributed by atoms with Crippen molar-refractivity contribution in [1.29, 1.82) is 0 Å². The van der Waals surface area contributed by atoms with E-state index in [1.165, 1.54) is 4.31 Å². The lowest BCUT2D eigenvalue weighted by Crippen LogP contribution is -2.52. The monoisotopic (exact) mass is 298 g/mol. The summed E-state index contributed by atoms with van der Waals surface area (Å²) >= 11 is 0. The van der Waals surface area contributed by atoms with E-state index in [9.17, 15) is 13.2 Å². The quantitative estimate of drug-likeness (QED) is 0.779. The largest absolute Gasteiger partial charge is 0.325 e. The van der Waals surface area contributed by atoms with Crippen LogP contribution in [-0.4, -0.2) is 56.3 Å². The van der Waals surface area contributed by atoms with Crippen molar-refractivity contribution in [3.05, 3.63) is 30.3 Å². The number of carbonyl (C=O) groups is 1. The number of piperazine rings is 1. The van der Waals surface area contributed by atoms with Crippen molar-refractivity contribution < 1.29 is 13.2 Å². The second kappa shape index (κ2) is 6.31. The van der Waals surface area contributed by atoms with Gasteiger partial charge in [-0.15, -0.1) is 0 Å². The number of hydrogen-bond donors (Lipinski definition) is 2. The summed E-state index contributed by atoms with van der Waals surface area (Å²) in [7, 11) is -3.62. The van der Waals surface area contributed by atoms with Crippen LogP contribution >= 0.6 is 0 Å². The van der Waals surface area contributed by atoms with Gasteiger partial charge in [-0.3, -0.25) is 9.69 Å². The van der Waals surface area contributed by atoms with Crippen LogP contribution < -0.4 is 10.5 Å². The van der Waals surface area contributed by atoms with Crippen molar-refractivity contribution in [3.63, 3.8) is 0 Å². The van der Waals surface area contributed by atoms with Crippen molar-refractivity contribution in [2.45, 2.75) is 0 Å². The molecular weight excluding hydrogens is 280 g/mol. The van der Waals surface area contributed by atoms with Gasteiger partial charge in [-0.1, -0.05) is 18.2 Å². The SMILES string of the molecule is NS(=O)(=O)N1CCN(CC(=O)Nc2ccccc2)CC1. The van der Waals surface area contributed by atoms with E-state index in [-0.39, 0.29) is 12.5 Å². The Labute approximate surface area is 118 Å². The van der Waals surface area contributed by atoms with Crippen LogP contribution in [0.15, 0.2) is 30.3 Å². The molecule has 1 saturated heterocycles. The third-order valence-corrected chi connectivity index (χ3v) is 4.20. The molecule has 1 fully saturated rings. The second-order valence-electron chi connectivity index (χ2n) is 4.63. The topological polar surface area (TPSA) is 95.7 Å². The molecule has 8 heteroatoms. The Bertz CT molecular complexity index is 553. The molecule has 2 rings (SSSR count). The maximum Gasteiger partial charge on any atom is 0.276 e. The normalized spacial score (nSPS) is 17.9. The number of para-hydroxylation sites is 1. The highest BCUT2D eigenvalue weighted by Gasteiger charge is 2.24. The molecule has 1 aromatic rings. The maximum absolute atomic E-state index is 11.8. The molecule has 1 aliphatic rings. The van der Waals surface area contributed by atoms with E-state index in [4.69, 9.17) is 5.14 Å². The summed E-state index contributed by atoms with van der Waals surface area (Å²) in [5, 5.41) is 7.85. The lowest BCUT2D eigenvalue weighted by Gasteiger charge is -2.32. The number of nitrogens with one attached hydrogen (secondary N) is 1. The van der Waals surface area contributed by atoms with Gasteiger partial charge < -0.3 is 5.32 Å². The zero-order valence-corrected chi connectivity index (χ0v) is 11.8. The van der Waals surface area contributed by atoms with Crippen molar-refractivity contribution in [2.75, 3.05) is 38.0 Å². The predicted octanol–water partition coefficient (Wildman–Crippen LogP) is -0.554. The first-order chi connectivity index (χ1) is 9.45. The minimum Gasteiger partial charge on any atom is -0.325 e. The van der Waals surface area contributed by atoms with E-state index in [0.29, 0.717) is 26.2 Å². The van der Waals surface area contributed by atoms with Gasteiger partial charge in [0.15, 0.2) is 0 Å². The molecule has 20 heavy (non-hydrogen) atoms. The first kappa shape index (κ1) is 14.9. The van der Waals surface area contributed by atoms with E-state index in [1.54, 1.807) is 0 Å². The molecule has 0 saturated carbocycles. The Morgan fingerprint density at radius 1 is 1.15 bits per heavy atom. The van der Waals surface area contributed by atoms with Gasteiger partial charge in [-0.25, -0.2) is 5.14 Å². The number of carbonyl (C=O) groups excluding carboxylic acids is 1. The number of nitrogens with two attached hydrogens (primary N) is 1. The molecule has 0 aliphatic carbocycles. The average Bonchev–Trinajstić information content (AvgIpc) is 2.39. The predicted molar refractivity (Wildman–Crippen MR) is 76.2 cm³/mol. The highest BCUT2D eigenvalue weighted by molar-refractivity contribution is 7.86. The molecule has 7 nitrogen and oxygen atoms in total. The van der Waals surface area contributed by atoms with E-state index < -0.39 is 10.2 Å². The van der Waals surface area contributed by atoms with Crippen LogP contribution in [0, 0.1) is 0 Å². The molecule has 0 spiro atoms. The van der Waals surface area contributed by atoms with Crippen LogP contribution in [0.5, 0.6) is 0 Å². The third-order valence-electron chi connectivity index (χ3n) is 3.12. The molecule has 0 aromatic heterocycles. The van der Waals surface area contributed by atoms with E-state index >= 15 is 0 Å². The summed E-state index contributed by atoms with van der Waals surface area (Å²) in [5.41, 5.74) is 0.751. The lowest BCUT2D eigenvalue weighted by atomic mass is 10.3. The lowest BCUT2D eigenvalue weighted by molar-refractivity contribution is -0.117. The van der Waals surface area contributed by atoms with Crippen molar-refractivity contribution >= 4 is 21.8 Å². The van der Waals surface area contributed by atoms with Crippen LogP contribution in [0.4, 0.5) is 5.69 Å². The standard InChI is InChI=1S/C12H18N4O3S/c13-20(18,19)16-8-6-15(7-9-16)10-12(17)14-11-4-2-1-3-5-11/h1-5H,6-10H2,(H,14,17)(H2,13,18,19). The van der Waals surface area contributed by atoms with Crippen molar-refractivity contribution in [3.8, 4) is 0 Å². The molecule has 0 radical (unpaired) electrons. The highest BCUT2D eigenvalue weighted by atomic mass is 32.2. The first-order valence-electron chi connectivity index (χ1n) is 6.30. The third kappa shape index (κ3) is 4.27. The molecule has 1 amide bonds. The summed E-state index contributed by atoms with van der Waals surface area (Å²) in [6.45, 7) is 1.87. The molecule has 1 aromatic carbocycles. The van der Waals surface area contributed by atoms with Crippen LogP contribution in [-0.2, 0) is 15.0 Å². The Morgan fingerprint density at radius 3 is 2.30 bits per heavy atom. The summed E-state index contributed by atoms with van der Waals surface area (Å²) < 4.78 is 23.5. The number of rotatable bonds is 4. The number of nitrogens with zero attached hydrogens (tertiary/aromatic N) is 2. The first-order valence-corrected chi connectivity index (χ1v) is 7.80. The minimum absolute atomic E-state index is 0.111. The van der Waals surface area contributed by atoms with Gasteiger partial charge in [0.1, 0.15) is 0 Å². The van der Waals surface area contributed by atoms with Crippen molar-refractivity contribution in [2.24, 2.45) is 5.14 Å². The van der Waals surface area contributed by atoms with E-state index in [0.717, 1.165) is 5.69 Å². The Balaban J connectivity index is 1.79. The Hall–Kier alpha value is -1.48. The van der Waals surface area contributed by atoms with E-state index in [1.807, 2.05) is 35.2 Å². The smallest absolute Gasteiger partial charge is 0.276 e. The van der Waals surface area contributed by atoms with Gasteiger partial charge in [-0.05, 0) is 12.1 Å². The van der Waals surface area contributed by atoms with Gasteiger partial charge in [-0.2, -0.15) is 12.7 Å². The number of hydrogen-bond acceptors (Lipinski definition) is 4. The molecule has 0 unspecified atom stereocenters. The maximum atomic E-state index is 11.8. The second-order valence-corrected chi connectivity index (χ2v) is 6.18.